The molecule has 0 spiro atoms. The standard InChI is InChI=1S/C14H11NO3S2/c1-8(2)13(17)18-10-5-3-9(4-6-10)7-11-12(16)15-14(19)20-11/h3-7H,1H2,2H3,(H,15,16,19)/b11-7+. The molecule has 102 valence electrons. The molecule has 0 atom stereocenters. The molecule has 1 fully saturated rings. The van der Waals surface area contributed by atoms with Crippen LogP contribution in [0.15, 0.2) is 41.3 Å². The van der Waals surface area contributed by atoms with E-state index in [1.165, 1.54) is 11.8 Å². The fourth-order valence-corrected chi connectivity index (χ4v) is 2.44. The van der Waals surface area contributed by atoms with Crippen molar-refractivity contribution in [3.8, 4) is 5.75 Å². The number of nitrogens with one attached hydrogen (secondary N) is 1. The number of hydrogen-bond acceptors (Lipinski definition) is 5. The van der Waals surface area contributed by atoms with E-state index in [9.17, 15) is 9.59 Å². The monoisotopic (exact) mass is 305 g/mol. The van der Waals surface area contributed by atoms with Crippen LogP contribution in [0.2, 0.25) is 0 Å². The molecule has 0 radical (unpaired) electrons. The molecule has 2 rings (SSSR count). The van der Waals surface area contributed by atoms with Crippen molar-refractivity contribution in [3.63, 3.8) is 0 Å². The second kappa shape index (κ2) is 6.02. The average molecular weight is 305 g/mol. The van der Waals surface area contributed by atoms with Crippen molar-refractivity contribution in [3.05, 3.63) is 46.9 Å². The van der Waals surface area contributed by atoms with Crippen molar-refractivity contribution in [2.45, 2.75) is 6.92 Å². The lowest BCUT2D eigenvalue weighted by molar-refractivity contribution is -0.130. The summed E-state index contributed by atoms with van der Waals surface area (Å²) in [5, 5.41) is 2.55. The summed E-state index contributed by atoms with van der Waals surface area (Å²) in [6, 6.07) is 6.82. The van der Waals surface area contributed by atoms with E-state index in [0.717, 1.165) is 5.56 Å². The number of rotatable bonds is 3. The number of carbonyl (C=O) groups is 2. The third-order valence-corrected chi connectivity index (χ3v) is 3.54. The Morgan fingerprint density at radius 1 is 1.40 bits per heavy atom. The molecular weight excluding hydrogens is 294 g/mol. The number of hydrogen-bond donors (Lipinski definition) is 1. The summed E-state index contributed by atoms with van der Waals surface area (Å²) in [4.78, 5) is 23.4. The maximum Gasteiger partial charge on any atom is 0.338 e. The molecule has 20 heavy (non-hydrogen) atoms. The predicted molar refractivity (Wildman–Crippen MR) is 83.2 cm³/mol. The van der Waals surface area contributed by atoms with Crippen molar-refractivity contribution in [1.29, 1.82) is 0 Å². The predicted octanol–water partition coefficient (Wildman–Crippen LogP) is 2.66. The number of carbonyl (C=O) groups excluding carboxylic acids is 2. The molecule has 1 heterocycles. The van der Waals surface area contributed by atoms with Gasteiger partial charge in [0.2, 0.25) is 0 Å². The first-order chi connectivity index (χ1) is 9.45. The Hall–Kier alpha value is -1.92. The summed E-state index contributed by atoms with van der Waals surface area (Å²) in [5.74, 6) is -0.232. The highest BCUT2D eigenvalue weighted by Crippen LogP contribution is 2.26. The van der Waals surface area contributed by atoms with Gasteiger partial charge in [-0.2, -0.15) is 0 Å². The summed E-state index contributed by atoms with van der Waals surface area (Å²) in [5.41, 5.74) is 1.16. The zero-order chi connectivity index (χ0) is 14.7. The largest absolute Gasteiger partial charge is 0.423 e. The van der Waals surface area contributed by atoms with Gasteiger partial charge in [0.15, 0.2) is 0 Å². The highest BCUT2D eigenvalue weighted by atomic mass is 32.2. The van der Waals surface area contributed by atoms with Gasteiger partial charge in [0, 0.05) is 5.57 Å². The number of thioether (sulfide) groups is 1. The average Bonchev–Trinajstić information content (AvgIpc) is 2.70. The smallest absolute Gasteiger partial charge is 0.338 e. The fraction of sp³-hybridized carbons (Fsp3) is 0.0714. The van der Waals surface area contributed by atoms with Gasteiger partial charge in [0.1, 0.15) is 10.1 Å². The van der Waals surface area contributed by atoms with E-state index >= 15 is 0 Å². The molecule has 0 saturated carbocycles. The Labute approximate surface area is 125 Å². The molecule has 1 saturated heterocycles. The van der Waals surface area contributed by atoms with Gasteiger partial charge in [-0.1, -0.05) is 42.7 Å². The zero-order valence-corrected chi connectivity index (χ0v) is 12.3. The lowest BCUT2D eigenvalue weighted by atomic mass is 10.2. The Balaban J connectivity index is 2.11. The van der Waals surface area contributed by atoms with Crippen LogP contribution >= 0.6 is 24.0 Å². The first-order valence-electron chi connectivity index (χ1n) is 5.68. The Morgan fingerprint density at radius 3 is 2.55 bits per heavy atom. The topological polar surface area (TPSA) is 55.4 Å². The van der Waals surface area contributed by atoms with E-state index in [4.69, 9.17) is 17.0 Å². The SMILES string of the molecule is C=C(C)C(=O)Oc1ccc(/C=C2/SC(=S)NC2=O)cc1. The third kappa shape index (κ3) is 3.55. The van der Waals surface area contributed by atoms with E-state index in [-0.39, 0.29) is 5.91 Å². The number of thiocarbonyl (C=S) groups is 1. The number of ether oxygens (including phenoxy) is 1. The minimum absolute atomic E-state index is 0.196. The molecule has 4 nitrogen and oxygen atoms in total. The summed E-state index contributed by atoms with van der Waals surface area (Å²) < 4.78 is 5.53. The summed E-state index contributed by atoms with van der Waals surface area (Å²) in [7, 11) is 0. The van der Waals surface area contributed by atoms with Gasteiger partial charge in [-0.05, 0) is 30.7 Å². The van der Waals surface area contributed by atoms with Crippen LogP contribution in [0.1, 0.15) is 12.5 Å². The normalized spacial score (nSPS) is 16.1. The van der Waals surface area contributed by atoms with Crippen molar-refractivity contribution in [2.24, 2.45) is 0 Å². The van der Waals surface area contributed by atoms with Gasteiger partial charge in [-0.25, -0.2) is 4.79 Å². The number of amides is 1. The lowest BCUT2D eigenvalue weighted by Gasteiger charge is -2.03. The van der Waals surface area contributed by atoms with Gasteiger partial charge in [0.25, 0.3) is 5.91 Å². The van der Waals surface area contributed by atoms with Gasteiger partial charge >= 0.3 is 5.97 Å². The maximum absolute atomic E-state index is 11.5. The van der Waals surface area contributed by atoms with Gasteiger partial charge in [-0.3, -0.25) is 4.79 Å². The Kier molecular flexibility index (Phi) is 4.36. The molecule has 1 aromatic carbocycles. The van der Waals surface area contributed by atoms with Crippen LogP contribution in [0.5, 0.6) is 5.75 Å². The van der Waals surface area contributed by atoms with E-state index < -0.39 is 5.97 Å². The molecule has 0 bridgehead atoms. The third-order valence-electron chi connectivity index (χ3n) is 2.38. The van der Waals surface area contributed by atoms with E-state index in [1.54, 1.807) is 37.3 Å². The second-order valence-corrected chi connectivity index (χ2v) is 5.81. The highest BCUT2D eigenvalue weighted by Gasteiger charge is 2.21. The molecule has 6 heteroatoms. The van der Waals surface area contributed by atoms with Gasteiger partial charge in [0.05, 0.1) is 4.91 Å². The van der Waals surface area contributed by atoms with Gasteiger partial charge < -0.3 is 10.1 Å². The zero-order valence-electron chi connectivity index (χ0n) is 10.6. The lowest BCUT2D eigenvalue weighted by Crippen LogP contribution is -2.17. The van der Waals surface area contributed by atoms with E-state index in [2.05, 4.69) is 11.9 Å². The van der Waals surface area contributed by atoms with Crippen LogP contribution in [-0.4, -0.2) is 16.2 Å². The van der Waals surface area contributed by atoms with Crippen LogP contribution in [0, 0.1) is 0 Å². The van der Waals surface area contributed by atoms with Crippen molar-refractivity contribution in [1.82, 2.24) is 5.32 Å². The van der Waals surface area contributed by atoms with Crippen LogP contribution in [0.4, 0.5) is 0 Å². The molecule has 1 aliphatic rings. The van der Waals surface area contributed by atoms with Crippen molar-refractivity contribution in [2.75, 3.05) is 0 Å². The summed E-state index contributed by atoms with van der Waals surface area (Å²) >= 11 is 6.13. The summed E-state index contributed by atoms with van der Waals surface area (Å²) in [6.45, 7) is 5.09. The van der Waals surface area contributed by atoms with E-state index in [0.29, 0.717) is 20.5 Å². The molecule has 1 N–H and O–H groups in total. The van der Waals surface area contributed by atoms with Crippen LogP contribution in [0.3, 0.4) is 0 Å². The molecule has 1 amide bonds. The quantitative estimate of drug-likeness (QED) is 0.403. The first kappa shape index (κ1) is 14.5. The van der Waals surface area contributed by atoms with E-state index in [1.807, 2.05) is 0 Å². The maximum atomic E-state index is 11.5. The molecule has 0 unspecified atom stereocenters. The molecule has 1 aliphatic heterocycles. The van der Waals surface area contributed by atoms with Crippen molar-refractivity contribution < 1.29 is 14.3 Å². The molecule has 1 aromatic rings. The highest BCUT2D eigenvalue weighted by molar-refractivity contribution is 8.26. The minimum Gasteiger partial charge on any atom is -0.423 e. The van der Waals surface area contributed by atoms with Crippen LogP contribution < -0.4 is 10.1 Å². The first-order valence-corrected chi connectivity index (χ1v) is 6.91. The molecular formula is C14H11NO3S2. The van der Waals surface area contributed by atoms with Gasteiger partial charge in [-0.15, -0.1) is 0 Å². The van der Waals surface area contributed by atoms with Crippen LogP contribution in [-0.2, 0) is 9.59 Å². The number of esters is 1. The Bertz CT molecular complexity index is 632. The Morgan fingerprint density at radius 2 is 2.05 bits per heavy atom. The second-order valence-electron chi connectivity index (χ2n) is 4.09. The fourth-order valence-electron chi connectivity index (χ4n) is 1.40. The molecule has 0 aromatic heterocycles. The summed E-state index contributed by atoms with van der Waals surface area (Å²) in [6.07, 6.45) is 1.73. The number of benzene rings is 1. The van der Waals surface area contributed by atoms with Crippen molar-refractivity contribution >= 4 is 46.3 Å². The molecule has 0 aliphatic carbocycles. The minimum atomic E-state index is -0.466. The van der Waals surface area contributed by atoms with Crippen LogP contribution in [0.25, 0.3) is 6.08 Å².